The summed E-state index contributed by atoms with van der Waals surface area (Å²) in [4.78, 5) is 9.09. The van der Waals surface area contributed by atoms with E-state index in [0.29, 0.717) is 17.4 Å². The molecule has 2 aliphatic heterocycles. The number of nitrogens with one attached hydrogen (secondary N) is 1. The number of rotatable bonds is 5. The van der Waals surface area contributed by atoms with E-state index in [1.807, 2.05) is 13.0 Å². The molecule has 162 valence electrons. The summed E-state index contributed by atoms with van der Waals surface area (Å²) in [5.41, 5.74) is 3.42. The lowest BCUT2D eigenvalue weighted by Crippen LogP contribution is -2.56. The largest absolute Gasteiger partial charge is 0.423 e. The molecule has 2 fully saturated rings. The summed E-state index contributed by atoms with van der Waals surface area (Å²) in [7, 11) is 0. The van der Waals surface area contributed by atoms with E-state index in [0.717, 1.165) is 62.4 Å². The van der Waals surface area contributed by atoms with Crippen molar-refractivity contribution in [1.82, 2.24) is 9.88 Å². The summed E-state index contributed by atoms with van der Waals surface area (Å²) in [6.07, 6.45) is 1.46. The zero-order valence-corrected chi connectivity index (χ0v) is 17.3. The molecule has 2 saturated heterocycles. The number of hydrogen-bond acceptors (Lipinski definition) is 6. The second-order valence-corrected chi connectivity index (χ2v) is 8.08. The van der Waals surface area contributed by atoms with E-state index >= 15 is 0 Å². The second kappa shape index (κ2) is 8.28. The number of anilines is 3. The molecule has 31 heavy (non-hydrogen) atoms. The Labute approximate surface area is 179 Å². The second-order valence-electron chi connectivity index (χ2n) is 8.08. The zero-order valence-electron chi connectivity index (χ0n) is 17.3. The lowest BCUT2D eigenvalue weighted by molar-refractivity contribution is -0.0660. The number of benzene rings is 2. The molecule has 2 aliphatic rings. The van der Waals surface area contributed by atoms with Crippen LogP contribution in [0.1, 0.15) is 5.56 Å². The fraction of sp³-hybridized carbons (Fsp3) is 0.348. The van der Waals surface area contributed by atoms with Crippen LogP contribution in [-0.2, 0) is 4.74 Å². The van der Waals surface area contributed by atoms with Gasteiger partial charge in [-0.2, -0.15) is 0 Å². The van der Waals surface area contributed by atoms with E-state index in [9.17, 15) is 8.78 Å². The third-order valence-electron chi connectivity index (χ3n) is 5.78. The molecular weight excluding hydrogens is 402 g/mol. The minimum absolute atomic E-state index is 0.269. The summed E-state index contributed by atoms with van der Waals surface area (Å²) >= 11 is 0. The van der Waals surface area contributed by atoms with Crippen molar-refractivity contribution in [3.63, 3.8) is 0 Å². The molecule has 0 spiro atoms. The van der Waals surface area contributed by atoms with Crippen LogP contribution in [0.2, 0.25) is 0 Å². The third kappa shape index (κ3) is 4.40. The van der Waals surface area contributed by atoms with Gasteiger partial charge in [0.2, 0.25) is 0 Å². The van der Waals surface area contributed by atoms with E-state index in [1.54, 1.807) is 0 Å². The van der Waals surface area contributed by atoms with Gasteiger partial charge in [-0.05, 0) is 42.8 Å². The van der Waals surface area contributed by atoms with Gasteiger partial charge in [-0.25, -0.2) is 13.8 Å². The molecule has 0 amide bonds. The number of hydrogen-bond donors (Lipinski definition) is 1. The Hall–Kier alpha value is -2.97. The number of nitrogens with zero attached hydrogens (tertiary/aromatic N) is 3. The van der Waals surface area contributed by atoms with E-state index in [4.69, 9.17) is 9.15 Å². The summed E-state index contributed by atoms with van der Waals surface area (Å²) in [6.45, 7) is 7.72. The first-order valence-electron chi connectivity index (χ1n) is 10.4. The highest BCUT2D eigenvalue weighted by molar-refractivity contribution is 5.65. The van der Waals surface area contributed by atoms with Crippen LogP contribution in [0.4, 0.5) is 26.2 Å². The van der Waals surface area contributed by atoms with E-state index < -0.39 is 11.6 Å². The van der Waals surface area contributed by atoms with E-state index in [1.165, 1.54) is 18.3 Å². The summed E-state index contributed by atoms with van der Waals surface area (Å²) in [5.74, 6) is -1.02. The molecule has 0 unspecified atom stereocenters. The SMILES string of the molecule is Cc1cc(Nc2ncc(-c3cc(F)cc(F)c3)o2)cc(N2CCN(C3COC3)CC2)c1. The molecule has 0 radical (unpaired) electrons. The van der Waals surface area contributed by atoms with Crippen LogP contribution in [0, 0.1) is 18.6 Å². The van der Waals surface area contributed by atoms with Gasteiger partial charge in [0.25, 0.3) is 6.01 Å². The van der Waals surface area contributed by atoms with Gasteiger partial charge in [-0.1, -0.05) is 0 Å². The Balaban J connectivity index is 1.29. The molecule has 6 nitrogen and oxygen atoms in total. The van der Waals surface area contributed by atoms with Crippen LogP contribution in [-0.4, -0.2) is 55.3 Å². The normalized spacial score (nSPS) is 17.6. The Morgan fingerprint density at radius 2 is 1.71 bits per heavy atom. The van der Waals surface area contributed by atoms with Crippen LogP contribution in [0.5, 0.6) is 0 Å². The molecule has 1 aromatic heterocycles. The molecule has 1 N–H and O–H groups in total. The van der Waals surface area contributed by atoms with Crippen molar-refractivity contribution in [2.45, 2.75) is 13.0 Å². The van der Waals surface area contributed by atoms with E-state index in [2.05, 4.69) is 32.2 Å². The first kappa shape index (κ1) is 20.0. The Morgan fingerprint density at radius 3 is 2.39 bits per heavy atom. The van der Waals surface area contributed by atoms with Crippen molar-refractivity contribution in [3.05, 3.63) is 59.8 Å². The summed E-state index contributed by atoms with van der Waals surface area (Å²) in [6, 6.07) is 10.4. The van der Waals surface area contributed by atoms with Gasteiger partial charge in [0, 0.05) is 49.2 Å². The first-order chi connectivity index (χ1) is 15.0. The molecule has 5 rings (SSSR count). The molecule has 8 heteroatoms. The molecule has 0 aliphatic carbocycles. The molecule has 3 heterocycles. The van der Waals surface area contributed by atoms with Gasteiger partial charge in [0.1, 0.15) is 11.6 Å². The summed E-state index contributed by atoms with van der Waals surface area (Å²) < 4.78 is 38.0. The summed E-state index contributed by atoms with van der Waals surface area (Å²) in [5, 5.41) is 3.17. The minimum atomic E-state index is -0.658. The van der Waals surface area contributed by atoms with E-state index in [-0.39, 0.29) is 6.01 Å². The Morgan fingerprint density at radius 1 is 0.968 bits per heavy atom. The standard InChI is InChI=1S/C23H24F2N4O2/c1-15-6-19(11-20(7-15)28-2-4-29(5-3-28)21-13-30-14-21)27-23-26-12-22(31-23)16-8-17(24)10-18(25)9-16/h6-12,21H,2-5,13-14H2,1H3,(H,26,27). The molecule has 0 atom stereocenters. The van der Waals surface area contributed by atoms with Crippen molar-refractivity contribution < 1.29 is 17.9 Å². The van der Waals surface area contributed by atoms with Gasteiger partial charge in [0.15, 0.2) is 5.76 Å². The highest BCUT2D eigenvalue weighted by atomic mass is 19.1. The quantitative estimate of drug-likeness (QED) is 0.660. The van der Waals surface area contributed by atoms with Gasteiger partial charge in [0.05, 0.1) is 25.5 Å². The fourth-order valence-electron chi connectivity index (χ4n) is 4.08. The molecular formula is C23H24F2N4O2. The highest BCUT2D eigenvalue weighted by Crippen LogP contribution is 2.29. The van der Waals surface area contributed by atoms with Gasteiger partial charge in [-0.3, -0.25) is 4.90 Å². The van der Waals surface area contributed by atoms with Crippen LogP contribution in [0.25, 0.3) is 11.3 Å². The highest BCUT2D eigenvalue weighted by Gasteiger charge is 2.29. The maximum atomic E-state index is 13.5. The van der Waals surface area contributed by atoms with Gasteiger partial charge < -0.3 is 19.4 Å². The van der Waals surface area contributed by atoms with Crippen molar-refractivity contribution in [2.75, 3.05) is 49.6 Å². The zero-order chi connectivity index (χ0) is 21.4. The van der Waals surface area contributed by atoms with Crippen molar-refractivity contribution in [1.29, 1.82) is 0 Å². The van der Waals surface area contributed by atoms with Crippen LogP contribution in [0.15, 0.2) is 47.0 Å². The van der Waals surface area contributed by atoms with Gasteiger partial charge >= 0.3 is 0 Å². The number of piperazine rings is 1. The van der Waals surface area contributed by atoms with Crippen LogP contribution in [0.3, 0.4) is 0 Å². The number of oxazole rings is 1. The average molecular weight is 426 g/mol. The smallest absolute Gasteiger partial charge is 0.299 e. The fourth-order valence-corrected chi connectivity index (χ4v) is 4.08. The first-order valence-corrected chi connectivity index (χ1v) is 10.4. The maximum Gasteiger partial charge on any atom is 0.299 e. The number of aromatic nitrogens is 1. The topological polar surface area (TPSA) is 53.8 Å². The molecule has 3 aromatic rings. The van der Waals surface area contributed by atoms with Crippen LogP contribution >= 0.6 is 0 Å². The lowest BCUT2D eigenvalue weighted by Gasteiger charge is -2.43. The molecule has 0 bridgehead atoms. The lowest BCUT2D eigenvalue weighted by atomic mass is 10.1. The van der Waals surface area contributed by atoms with Crippen molar-refractivity contribution in [2.24, 2.45) is 0 Å². The number of aryl methyl sites for hydroxylation is 1. The maximum absolute atomic E-state index is 13.5. The predicted octanol–water partition coefficient (Wildman–Crippen LogP) is 4.19. The predicted molar refractivity (Wildman–Crippen MR) is 115 cm³/mol. The number of ether oxygens (including phenoxy) is 1. The van der Waals surface area contributed by atoms with Crippen molar-refractivity contribution in [3.8, 4) is 11.3 Å². The average Bonchev–Trinajstić information content (AvgIpc) is 3.14. The Kier molecular flexibility index (Phi) is 5.33. The molecule has 0 saturated carbocycles. The van der Waals surface area contributed by atoms with Crippen LogP contribution < -0.4 is 10.2 Å². The third-order valence-corrected chi connectivity index (χ3v) is 5.78. The Bertz CT molecular complexity index is 1050. The molecule has 2 aromatic carbocycles. The number of halogens is 2. The monoisotopic (exact) mass is 426 g/mol. The minimum Gasteiger partial charge on any atom is -0.423 e. The van der Waals surface area contributed by atoms with Gasteiger partial charge in [-0.15, -0.1) is 0 Å². The van der Waals surface area contributed by atoms with Crippen molar-refractivity contribution >= 4 is 17.4 Å².